The van der Waals surface area contributed by atoms with Gasteiger partial charge in [-0.3, -0.25) is 4.79 Å². The molecule has 0 radical (unpaired) electrons. The number of fused-ring (bicyclic) bond motifs is 1. The number of amides is 1. The van der Waals surface area contributed by atoms with Crippen molar-refractivity contribution in [2.45, 2.75) is 0 Å². The summed E-state index contributed by atoms with van der Waals surface area (Å²) in [6, 6.07) is 24.1. The number of aromatic amines is 1. The van der Waals surface area contributed by atoms with Gasteiger partial charge in [0.1, 0.15) is 17.4 Å². The Morgan fingerprint density at radius 3 is 2.52 bits per heavy atom. The number of carbonyl (C=O) groups is 1. The van der Waals surface area contributed by atoms with Crippen LogP contribution >= 0.6 is 11.6 Å². The van der Waals surface area contributed by atoms with Crippen LogP contribution in [0.4, 0.5) is 5.69 Å². The van der Waals surface area contributed by atoms with Crippen LogP contribution in [0.1, 0.15) is 5.56 Å². The van der Waals surface area contributed by atoms with Gasteiger partial charge < -0.3 is 15.0 Å². The first-order valence-corrected chi connectivity index (χ1v) is 9.90. The molecule has 0 bridgehead atoms. The number of H-pyrrole nitrogens is 1. The number of nitrogens with one attached hydrogen (secondary N) is 2. The van der Waals surface area contributed by atoms with E-state index in [1.54, 1.807) is 37.5 Å². The molecule has 0 aliphatic rings. The van der Waals surface area contributed by atoms with Crippen molar-refractivity contribution in [3.05, 3.63) is 89.0 Å². The number of benzene rings is 3. The zero-order valence-electron chi connectivity index (χ0n) is 16.6. The van der Waals surface area contributed by atoms with E-state index in [4.69, 9.17) is 16.3 Å². The van der Waals surface area contributed by atoms with Crippen LogP contribution < -0.4 is 10.1 Å². The molecule has 4 rings (SSSR count). The SMILES string of the molecule is COc1ccc2[nH]c(-c3ccccc3)c(/C=C(\C#N)C(=O)Nc3ccc(Cl)cc3)c2c1. The Balaban J connectivity index is 1.82. The van der Waals surface area contributed by atoms with Gasteiger partial charge in [-0.1, -0.05) is 41.9 Å². The van der Waals surface area contributed by atoms with E-state index < -0.39 is 5.91 Å². The van der Waals surface area contributed by atoms with Crippen LogP contribution in [0.2, 0.25) is 5.02 Å². The number of nitriles is 1. The van der Waals surface area contributed by atoms with E-state index >= 15 is 0 Å². The van der Waals surface area contributed by atoms with Crippen molar-refractivity contribution in [1.29, 1.82) is 5.26 Å². The first-order chi connectivity index (χ1) is 15.1. The summed E-state index contributed by atoms with van der Waals surface area (Å²) in [6.45, 7) is 0. The molecule has 0 spiro atoms. The molecule has 6 heteroatoms. The number of methoxy groups -OCH3 is 1. The summed E-state index contributed by atoms with van der Waals surface area (Å²) < 4.78 is 5.37. The van der Waals surface area contributed by atoms with E-state index in [9.17, 15) is 10.1 Å². The molecule has 0 aliphatic heterocycles. The van der Waals surface area contributed by atoms with Gasteiger partial charge in [-0.25, -0.2) is 0 Å². The van der Waals surface area contributed by atoms with Crippen LogP contribution in [0.15, 0.2) is 78.4 Å². The normalized spacial score (nSPS) is 11.2. The Hall–Kier alpha value is -4.01. The summed E-state index contributed by atoms with van der Waals surface area (Å²) in [7, 11) is 1.60. The lowest BCUT2D eigenvalue weighted by Crippen LogP contribution is -2.13. The van der Waals surface area contributed by atoms with Crippen LogP contribution in [-0.4, -0.2) is 18.0 Å². The molecule has 2 N–H and O–H groups in total. The lowest BCUT2D eigenvalue weighted by atomic mass is 10.0. The molecule has 0 fully saturated rings. The number of carbonyl (C=O) groups excluding carboxylic acids is 1. The monoisotopic (exact) mass is 427 g/mol. The Morgan fingerprint density at radius 2 is 1.84 bits per heavy atom. The molecule has 0 saturated heterocycles. The van der Waals surface area contributed by atoms with Gasteiger partial charge in [0.25, 0.3) is 5.91 Å². The molecule has 1 heterocycles. The second-order valence-corrected chi connectivity index (χ2v) is 7.26. The van der Waals surface area contributed by atoms with Crippen molar-refractivity contribution in [2.24, 2.45) is 0 Å². The highest BCUT2D eigenvalue weighted by molar-refractivity contribution is 6.30. The number of halogens is 1. The highest BCUT2D eigenvalue weighted by Crippen LogP contribution is 2.34. The molecule has 4 aromatic rings. The van der Waals surface area contributed by atoms with Crippen molar-refractivity contribution in [3.63, 3.8) is 0 Å². The largest absolute Gasteiger partial charge is 0.497 e. The molecule has 0 aliphatic carbocycles. The lowest BCUT2D eigenvalue weighted by molar-refractivity contribution is -0.112. The molecular weight excluding hydrogens is 410 g/mol. The predicted octanol–water partition coefficient (Wildman–Crippen LogP) is 6.04. The van der Waals surface area contributed by atoms with Gasteiger partial charge in [0.2, 0.25) is 0 Å². The molecule has 1 aromatic heterocycles. The molecule has 0 saturated carbocycles. The maximum Gasteiger partial charge on any atom is 0.266 e. The van der Waals surface area contributed by atoms with E-state index in [-0.39, 0.29) is 5.57 Å². The zero-order valence-corrected chi connectivity index (χ0v) is 17.4. The predicted molar refractivity (Wildman–Crippen MR) is 124 cm³/mol. The van der Waals surface area contributed by atoms with E-state index in [0.717, 1.165) is 27.7 Å². The Kier molecular flexibility index (Phi) is 5.74. The van der Waals surface area contributed by atoms with Gasteiger partial charge in [0.05, 0.1) is 12.8 Å². The highest BCUT2D eigenvalue weighted by atomic mass is 35.5. The van der Waals surface area contributed by atoms with Gasteiger partial charge in [-0.2, -0.15) is 5.26 Å². The average Bonchev–Trinajstić information content (AvgIpc) is 3.16. The van der Waals surface area contributed by atoms with Crippen LogP contribution in [0, 0.1) is 11.3 Å². The number of ether oxygens (including phenoxy) is 1. The molecule has 5 nitrogen and oxygen atoms in total. The third-order valence-electron chi connectivity index (χ3n) is 4.86. The van der Waals surface area contributed by atoms with E-state index in [1.165, 1.54) is 0 Å². The van der Waals surface area contributed by atoms with Gasteiger partial charge >= 0.3 is 0 Å². The second-order valence-electron chi connectivity index (χ2n) is 6.82. The quantitative estimate of drug-likeness (QED) is 0.301. The average molecular weight is 428 g/mol. The Morgan fingerprint density at radius 1 is 1.10 bits per heavy atom. The van der Waals surface area contributed by atoms with Crippen molar-refractivity contribution in [2.75, 3.05) is 12.4 Å². The standard InChI is InChI=1S/C25H18ClN3O2/c1-31-20-11-12-23-21(14-20)22(24(29-23)16-5-3-2-4-6-16)13-17(15-27)25(30)28-19-9-7-18(26)8-10-19/h2-14,29H,1H3,(H,28,30)/b17-13+. The van der Waals surface area contributed by atoms with Crippen molar-refractivity contribution < 1.29 is 9.53 Å². The summed E-state index contributed by atoms with van der Waals surface area (Å²) >= 11 is 5.90. The zero-order chi connectivity index (χ0) is 21.8. The van der Waals surface area contributed by atoms with E-state index in [2.05, 4.69) is 10.3 Å². The molecule has 0 atom stereocenters. The van der Waals surface area contributed by atoms with Crippen molar-refractivity contribution in [3.8, 4) is 23.1 Å². The van der Waals surface area contributed by atoms with Crippen LogP contribution in [0.5, 0.6) is 5.75 Å². The van der Waals surface area contributed by atoms with Gasteiger partial charge in [0, 0.05) is 27.2 Å². The number of hydrogen-bond acceptors (Lipinski definition) is 3. The third kappa shape index (κ3) is 4.30. The minimum absolute atomic E-state index is 0.0177. The van der Waals surface area contributed by atoms with Gasteiger partial charge in [-0.15, -0.1) is 0 Å². The number of anilines is 1. The second kappa shape index (κ2) is 8.78. The molecule has 3 aromatic carbocycles. The van der Waals surface area contributed by atoms with Crippen LogP contribution in [0.3, 0.4) is 0 Å². The van der Waals surface area contributed by atoms with Crippen molar-refractivity contribution >= 4 is 40.2 Å². The van der Waals surface area contributed by atoms with E-state index in [0.29, 0.717) is 16.5 Å². The summed E-state index contributed by atoms with van der Waals surface area (Å²) in [4.78, 5) is 16.2. The molecule has 152 valence electrons. The third-order valence-corrected chi connectivity index (χ3v) is 5.12. The minimum atomic E-state index is -0.499. The number of hydrogen-bond donors (Lipinski definition) is 2. The van der Waals surface area contributed by atoms with Crippen molar-refractivity contribution in [1.82, 2.24) is 4.98 Å². The maximum atomic E-state index is 12.8. The number of aromatic nitrogens is 1. The fourth-order valence-electron chi connectivity index (χ4n) is 3.33. The van der Waals surface area contributed by atoms with Gasteiger partial charge in [0.15, 0.2) is 0 Å². The Bertz CT molecular complexity index is 1320. The summed E-state index contributed by atoms with van der Waals surface area (Å²) in [5, 5.41) is 13.9. The summed E-state index contributed by atoms with van der Waals surface area (Å²) in [5.74, 6) is 0.186. The smallest absolute Gasteiger partial charge is 0.266 e. The van der Waals surface area contributed by atoms with Crippen LogP contribution in [0.25, 0.3) is 28.2 Å². The number of nitrogens with zero attached hydrogens (tertiary/aromatic N) is 1. The molecular formula is C25H18ClN3O2. The van der Waals surface area contributed by atoms with Crippen LogP contribution in [-0.2, 0) is 4.79 Å². The molecule has 1 amide bonds. The first kappa shape index (κ1) is 20.3. The summed E-state index contributed by atoms with van der Waals surface area (Å²) in [5.41, 5.74) is 3.91. The fraction of sp³-hybridized carbons (Fsp3) is 0.0400. The van der Waals surface area contributed by atoms with Gasteiger partial charge in [-0.05, 0) is 54.1 Å². The first-order valence-electron chi connectivity index (χ1n) is 9.53. The lowest BCUT2D eigenvalue weighted by Gasteiger charge is -2.06. The topological polar surface area (TPSA) is 77.9 Å². The summed E-state index contributed by atoms with van der Waals surface area (Å²) in [6.07, 6.45) is 1.60. The molecule has 0 unspecified atom stereocenters. The molecule has 31 heavy (non-hydrogen) atoms. The minimum Gasteiger partial charge on any atom is -0.497 e. The maximum absolute atomic E-state index is 12.8. The van der Waals surface area contributed by atoms with E-state index in [1.807, 2.05) is 54.6 Å². The Labute approximate surface area is 184 Å². The highest BCUT2D eigenvalue weighted by Gasteiger charge is 2.16. The number of rotatable bonds is 5. The fourth-order valence-corrected chi connectivity index (χ4v) is 3.45.